The second kappa shape index (κ2) is 7.31. The number of carbonyl (C=O) groups excluding carboxylic acids is 1. The molecule has 5 nitrogen and oxygen atoms in total. The molecule has 0 spiro atoms. The number of amides is 1. The van der Waals surface area contributed by atoms with Gasteiger partial charge in [0.15, 0.2) is 0 Å². The van der Waals surface area contributed by atoms with E-state index in [9.17, 15) is 4.79 Å². The van der Waals surface area contributed by atoms with Gasteiger partial charge in [-0.2, -0.15) is 0 Å². The molecule has 0 aromatic heterocycles. The zero-order valence-electron chi connectivity index (χ0n) is 13.6. The van der Waals surface area contributed by atoms with Gasteiger partial charge in [0, 0.05) is 25.2 Å². The lowest BCUT2D eigenvalue weighted by molar-refractivity contribution is -0.111. The fourth-order valence-corrected chi connectivity index (χ4v) is 2.81. The number of rotatable bonds is 5. The van der Waals surface area contributed by atoms with Crippen LogP contribution in [-0.2, 0) is 4.79 Å². The highest BCUT2D eigenvalue weighted by atomic mass is 16.5. The molecule has 0 radical (unpaired) electrons. The molecule has 1 aliphatic rings. The van der Waals surface area contributed by atoms with Crippen molar-refractivity contribution in [1.29, 1.82) is 0 Å². The Morgan fingerprint density at radius 1 is 1.41 bits per heavy atom. The zero-order chi connectivity index (χ0) is 16.1. The minimum Gasteiger partial charge on any atom is -0.497 e. The van der Waals surface area contributed by atoms with E-state index in [-0.39, 0.29) is 5.91 Å². The van der Waals surface area contributed by atoms with Crippen molar-refractivity contribution in [3.63, 3.8) is 0 Å². The third-order valence-corrected chi connectivity index (χ3v) is 4.18. The number of hydrogen-bond donors (Lipinski definition) is 1. The number of hydrogen-bond acceptors (Lipinski definition) is 4. The molecular formula is C17H25N3O2. The lowest BCUT2D eigenvalue weighted by Crippen LogP contribution is -2.42. The zero-order valence-corrected chi connectivity index (χ0v) is 13.6. The average molecular weight is 303 g/mol. The van der Waals surface area contributed by atoms with Crippen LogP contribution in [0, 0.1) is 0 Å². The molecule has 1 saturated heterocycles. The van der Waals surface area contributed by atoms with E-state index in [1.165, 1.54) is 6.08 Å². The molecule has 1 aliphatic heterocycles. The van der Waals surface area contributed by atoms with E-state index in [0.29, 0.717) is 6.04 Å². The maximum Gasteiger partial charge on any atom is 0.247 e. The minimum absolute atomic E-state index is 0.199. The molecule has 5 heteroatoms. The molecule has 0 unspecified atom stereocenters. The minimum atomic E-state index is -0.199. The van der Waals surface area contributed by atoms with Crippen molar-refractivity contribution in [2.24, 2.45) is 0 Å². The van der Waals surface area contributed by atoms with Crippen molar-refractivity contribution < 1.29 is 9.53 Å². The van der Waals surface area contributed by atoms with E-state index in [4.69, 9.17) is 4.74 Å². The summed E-state index contributed by atoms with van der Waals surface area (Å²) < 4.78 is 5.32. The Bertz CT molecular complexity index is 535. The number of nitrogens with zero attached hydrogens (tertiary/aromatic N) is 2. The first-order valence-corrected chi connectivity index (χ1v) is 7.58. The summed E-state index contributed by atoms with van der Waals surface area (Å²) in [5.74, 6) is 0.593. The van der Waals surface area contributed by atoms with Gasteiger partial charge in [0.25, 0.3) is 0 Å². The van der Waals surface area contributed by atoms with E-state index in [2.05, 4.69) is 35.8 Å². The molecule has 1 fully saturated rings. The average Bonchev–Trinajstić information content (AvgIpc) is 2.55. The van der Waals surface area contributed by atoms with Crippen LogP contribution in [0.4, 0.5) is 11.4 Å². The molecule has 0 saturated carbocycles. The fourth-order valence-electron chi connectivity index (χ4n) is 2.81. The van der Waals surface area contributed by atoms with E-state index in [1.54, 1.807) is 7.11 Å². The van der Waals surface area contributed by atoms with Crippen LogP contribution >= 0.6 is 0 Å². The summed E-state index contributed by atoms with van der Waals surface area (Å²) in [6.07, 6.45) is 3.50. The summed E-state index contributed by atoms with van der Waals surface area (Å²) in [6.45, 7) is 5.44. The molecule has 1 amide bonds. The van der Waals surface area contributed by atoms with E-state index in [1.807, 2.05) is 18.2 Å². The molecule has 1 heterocycles. The Morgan fingerprint density at radius 3 is 2.64 bits per heavy atom. The van der Waals surface area contributed by atoms with Crippen LogP contribution in [0.2, 0.25) is 0 Å². The lowest BCUT2D eigenvalue weighted by atomic mass is 10.0. The standard InChI is InChI=1S/C17H25N3O2/c1-5-17(21)18-15-7-6-14(22-4)12-16(15)20-10-8-13(9-11-20)19(2)3/h5-7,12-13H,1,8-11H2,2-4H3,(H,18,21). The van der Waals surface area contributed by atoms with Crippen molar-refractivity contribution in [2.75, 3.05) is 44.5 Å². The molecule has 1 aromatic carbocycles. The summed E-state index contributed by atoms with van der Waals surface area (Å²) in [5, 5.41) is 2.88. The Balaban J connectivity index is 2.20. The highest BCUT2D eigenvalue weighted by molar-refractivity contribution is 6.01. The van der Waals surface area contributed by atoms with Crippen LogP contribution in [0.5, 0.6) is 5.75 Å². The third-order valence-electron chi connectivity index (χ3n) is 4.18. The number of piperidine rings is 1. The van der Waals surface area contributed by atoms with Crippen LogP contribution in [0.3, 0.4) is 0 Å². The fraction of sp³-hybridized carbons (Fsp3) is 0.471. The number of anilines is 2. The van der Waals surface area contributed by atoms with Gasteiger partial charge < -0.3 is 19.9 Å². The lowest BCUT2D eigenvalue weighted by Gasteiger charge is -2.37. The highest BCUT2D eigenvalue weighted by Gasteiger charge is 2.23. The predicted molar refractivity (Wildman–Crippen MR) is 90.7 cm³/mol. The number of benzene rings is 1. The van der Waals surface area contributed by atoms with Gasteiger partial charge in [-0.05, 0) is 45.1 Å². The molecule has 22 heavy (non-hydrogen) atoms. The summed E-state index contributed by atoms with van der Waals surface area (Å²) in [4.78, 5) is 16.2. The van der Waals surface area contributed by atoms with Gasteiger partial charge >= 0.3 is 0 Å². The van der Waals surface area contributed by atoms with Gasteiger partial charge in [0.05, 0.1) is 18.5 Å². The first kappa shape index (κ1) is 16.4. The second-order valence-electron chi connectivity index (χ2n) is 5.76. The van der Waals surface area contributed by atoms with E-state index < -0.39 is 0 Å². The van der Waals surface area contributed by atoms with Crippen molar-refractivity contribution in [3.8, 4) is 5.75 Å². The van der Waals surface area contributed by atoms with Crippen molar-refractivity contribution in [3.05, 3.63) is 30.9 Å². The van der Waals surface area contributed by atoms with Gasteiger partial charge in [-0.25, -0.2) is 0 Å². The summed E-state index contributed by atoms with van der Waals surface area (Å²) in [6, 6.07) is 6.34. The molecule has 1 N–H and O–H groups in total. The van der Waals surface area contributed by atoms with Crippen molar-refractivity contribution in [2.45, 2.75) is 18.9 Å². The van der Waals surface area contributed by atoms with Crippen molar-refractivity contribution in [1.82, 2.24) is 4.90 Å². The molecule has 120 valence electrons. The summed E-state index contributed by atoms with van der Waals surface area (Å²) >= 11 is 0. The third kappa shape index (κ3) is 3.80. The largest absolute Gasteiger partial charge is 0.497 e. The molecule has 0 aliphatic carbocycles. The molecule has 2 rings (SSSR count). The molecular weight excluding hydrogens is 278 g/mol. The molecule has 0 atom stereocenters. The number of carbonyl (C=O) groups is 1. The van der Waals surface area contributed by atoms with Gasteiger partial charge in [-0.1, -0.05) is 6.58 Å². The molecule has 0 bridgehead atoms. The van der Waals surface area contributed by atoms with Crippen molar-refractivity contribution >= 4 is 17.3 Å². The first-order valence-electron chi connectivity index (χ1n) is 7.58. The van der Waals surface area contributed by atoms with Gasteiger partial charge in [-0.15, -0.1) is 0 Å². The summed E-state index contributed by atoms with van der Waals surface area (Å²) in [5.41, 5.74) is 1.81. The topological polar surface area (TPSA) is 44.8 Å². The quantitative estimate of drug-likeness (QED) is 0.848. The smallest absolute Gasteiger partial charge is 0.247 e. The number of nitrogens with one attached hydrogen (secondary N) is 1. The van der Waals surface area contributed by atoms with Gasteiger partial charge in [-0.3, -0.25) is 4.79 Å². The highest BCUT2D eigenvalue weighted by Crippen LogP contribution is 2.32. The maximum atomic E-state index is 11.6. The van der Waals surface area contributed by atoms with Crippen LogP contribution < -0.4 is 15.0 Å². The van der Waals surface area contributed by atoms with E-state index in [0.717, 1.165) is 43.1 Å². The Kier molecular flexibility index (Phi) is 5.44. The van der Waals surface area contributed by atoms with Crippen LogP contribution in [0.1, 0.15) is 12.8 Å². The Morgan fingerprint density at radius 2 is 2.09 bits per heavy atom. The Labute approximate surface area is 132 Å². The van der Waals surface area contributed by atoms with E-state index >= 15 is 0 Å². The molecule has 1 aromatic rings. The number of methoxy groups -OCH3 is 1. The van der Waals surface area contributed by atoms with Gasteiger partial charge in [0.2, 0.25) is 5.91 Å². The second-order valence-corrected chi connectivity index (χ2v) is 5.76. The maximum absolute atomic E-state index is 11.6. The summed E-state index contributed by atoms with van der Waals surface area (Å²) in [7, 11) is 5.91. The number of ether oxygens (including phenoxy) is 1. The monoisotopic (exact) mass is 303 g/mol. The van der Waals surface area contributed by atoms with Crippen LogP contribution in [-0.4, -0.2) is 51.1 Å². The van der Waals surface area contributed by atoms with Crippen LogP contribution in [0.15, 0.2) is 30.9 Å². The van der Waals surface area contributed by atoms with Crippen LogP contribution in [0.25, 0.3) is 0 Å². The van der Waals surface area contributed by atoms with Gasteiger partial charge in [0.1, 0.15) is 5.75 Å². The first-order chi connectivity index (χ1) is 10.5. The normalized spacial score (nSPS) is 15.7. The predicted octanol–water partition coefficient (Wildman–Crippen LogP) is 2.35. The SMILES string of the molecule is C=CC(=O)Nc1ccc(OC)cc1N1CCC(N(C)C)CC1. The Hall–Kier alpha value is -2.01.